The molecule has 0 aliphatic heterocycles. The van der Waals surface area contributed by atoms with E-state index in [1.165, 1.54) is 11.1 Å². The third-order valence-electron chi connectivity index (χ3n) is 5.74. The minimum atomic E-state index is -0.193. The van der Waals surface area contributed by atoms with Gasteiger partial charge in [-0.25, -0.2) is 4.98 Å². The number of benzene rings is 2. The van der Waals surface area contributed by atoms with E-state index in [2.05, 4.69) is 37.0 Å². The number of hydrogen-bond acceptors (Lipinski definition) is 6. The summed E-state index contributed by atoms with van der Waals surface area (Å²) >= 11 is 6.95. The lowest BCUT2D eigenvalue weighted by atomic mass is 9.88. The van der Waals surface area contributed by atoms with Gasteiger partial charge in [0.2, 0.25) is 0 Å². The quantitative estimate of drug-likeness (QED) is 0.309. The topological polar surface area (TPSA) is 89.5 Å². The number of aromatic nitrogens is 2. The second-order valence-electron chi connectivity index (χ2n) is 8.04. The second kappa shape index (κ2) is 11.2. The summed E-state index contributed by atoms with van der Waals surface area (Å²) in [7, 11) is 0. The van der Waals surface area contributed by atoms with Gasteiger partial charge in [-0.05, 0) is 71.6 Å². The highest BCUT2D eigenvalue weighted by atomic mass is 79.9. The molecule has 2 aromatic carbocycles. The summed E-state index contributed by atoms with van der Waals surface area (Å²) in [5.74, 6) is 1.85. The Hall–Kier alpha value is -2.70. The van der Waals surface area contributed by atoms with Crippen molar-refractivity contribution in [2.75, 3.05) is 13.2 Å². The van der Waals surface area contributed by atoms with Gasteiger partial charge >= 0.3 is 0 Å². The average molecular weight is 588 g/mol. The summed E-state index contributed by atoms with van der Waals surface area (Å²) in [5, 5.41) is 14.0. The first-order chi connectivity index (χ1) is 16.5. The minimum absolute atomic E-state index is 0.0927. The summed E-state index contributed by atoms with van der Waals surface area (Å²) in [6.45, 7) is 2.22. The van der Waals surface area contributed by atoms with Crippen LogP contribution in [0.5, 0.6) is 11.5 Å². The van der Waals surface area contributed by atoms with E-state index >= 15 is 0 Å². The maximum absolute atomic E-state index is 13.5. The Morgan fingerprint density at radius 1 is 1.21 bits per heavy atom. The summed E-state index contributed by atoms with van der Waals surface area (Å²) in [6, 6.07) is 11.1. The second-order valence-corrected chi connectivity index (χ2v) is 9.81. The normalized spacial score (nSPS) is 14.4. The Balaban J connectivity index is 1.80. The van der Waals surface area contributed by atoms with Crippen LogP contribution in [0.2, 0.25) is 0 Å². The standard InChI is InChI=1S/C25H24Br2N4O3/c1-2-33-22-13-16(12-20(27)23(22)34-11-10-28)15-29-31-24(17-6-4-3-5-7-17)30-21-9-8-18(26)14-19(21)25(31)32/h8-9,12-15,17H,2-7,11H2,1H3. The molecule has 7 nitrogen and oxygen atoms in total. The molecule has 3 aromatic rings. The van der Waals surface area contributed by atoms with Crippen molar-refractivity contribution in [1.82, 2.24) is 9.66 Å². The van der Waals surface area contributed by atoms with Crippen LogP contribution >= 0.6 is 31.9 Å². The number of rotatable bonds is 7. The number of nitriles is 1. The van der Waals surface area contributed by atoms with Gasteiger partial charge in [-0.15, -0.1) is 0 Å². The fraction of sp³-hybridized carbons (Fsp3) is 0.360. The molecular weight excluding hydrogens is 564 g/mol. The lowest BCUT2D eigenvalue weighted by Gasteiger charge is -2.22. The fourth-order valence-electron chi connectivity index (χ4n) is 4.20. The van der Waals surface area contributed by atoms with Crippen molar-refractivity contribution in [1.29, 1.82) is 5.26 Å². The SMILES string of the molecule is CCOc1cc(C=Nn2c(C3CCCCC3)nc3ccc(Br)cc3c2=O)cc(Br)c1OCC#N. The van der Waals surface area contributed by atoms with Crippen molar-refractivity contribution in [3.8, 4) is 17.6 Å². The summed E-state index contributed by atoms with van der Waals surface area (Å²) in [4.78, 5) is 18.3. The molecule has 1 saturated carbocycles. The van der Waals surface area contributed by atoms with E-state index in [1.807, 2.05) is 31.2 Å². The zero-order chi connectivity index (χ0) is 24.1. The number of halogens is 2. The minimum Gasteiger partial charge on any atom is -0.490 e. The van der Waals surface area contributed by atoms with Gasteiger partial charge in [0, 0.05) is 10.4 Å². The summed E-state index contributed by atoms with van der Waals surface area (Å²) in [6.07, 6.45) is 7.07. The van der Waals surface area contributed by atoms with Crippen LogP contribution in [-0.4, -0.2) is 29.1 Å². The van der Waals surface area contributed by atoms with E-state index in [4.69, 9.17) is 19.7 Å². The van der Waals surface area contributed by atoms with Crippen molar-refractivity contribution in [3.63, 3.8) is 0 Å². The molecule has 1 aliphatic carbocycles. The van der Waals surface area contributed by atoms with E-state index in [0.717, 1.165) is 35.7 Å². The van der Waals surface area contributed by atoms with Crippen LogP contribution in [0.15, 0.2) is 49.2 Å². The van der Waals surface area contributed by atoms with Gasteiger partial charge in [0.25, 0.3) is 5.56 Å². The van der Waals surface area contributed by atoms with Crippen molar-refractivity contribution < 1.29 is 9.47 Å². The van der Waals surface area contributed by atoms with Gasteiger partial charge in [0.15, 0.2) is 18.1 Å². The van der Waals surface area contributed by atoms with Crippen LogP contribution in [0.4, 0.5) is 0 Å². The summed E-state index contributed by atoms with van der Waals surface area (Å²) < 4.78 is 14.1. The van der Waals surface area contributed by atoms with Crippen molar-refractivity contribution in [2.45, 2.75) is 44.9 Å². The number of nitrogens with zero attached hydrogens (tertiary/aromatic N) is 4. The molecule has 0 amide bonds. The molecule has 1 aromatic heterocycles. The molecule has 1 fully saturated rings. The molecule has 4 rings (SSSR count). The van der Waals surface area contributed by atoms with Crippen LogP contribution in [0, 0.1) is 11.3 Å². The van der Waals surface area contributed by atoms with Crippen molar-refractivity contribution in [3.05, 3.63) is 61.0 Å². The zero-order valence-corrected chi connectivity index (χ0v) is 21.9. The molecule has 0 saturated heterocycles. The van der Waals surface area contributed by atoms with Gasteiger partial charge in [0.05, 0.1) is 28.2 Å². The van der Waals surface area contributed by atoms with E-state index in [1.54, 1.807) is 18.3 Å². The van der Waals surface area contributed by atoms with Gasteiger partial charge in [0.1, 0.15) is 11.9 Å². The molecule has 0 bridgehead atoms. The summed E-state index contributed by atoms with van der Waals surface area (Å²) in [5.41, 5.74) is 1.21. The third-order valence-corrected chi connectivity index (χ3v) is 6.82. The van der Waals surface area contributed by atoms with Gasteiger partial charge < -0.3 is 9.47 Å². The lowest BCUT2D eigenvalue weighted by molar-refractivity contribution is 0.297. The predicted octanol–water partition coefficient (Wildman–Crippen LogP) is 6.15. The Morgan fingerprint density at radius 2 is 2.00 bits per heavy atom. The van der Waals surface area contributed by atoms with Crippen LogP contribution < -0.4 is 15.0 Å². The first-order valence-electron chi connectivity index (χ1n) is 11.2. The Labute approximate surface area is 214 Å². The molecule has 0 unspecified atom stereocenters. The fourth-order valence-corrected chi connectivity index (χ4v) is 5.13. The number of fused-ring (bicyclic) bond motifs is 1. The molecule has 9 heteroatoms. The maximum Gasteiger partial charge on any atom is 0.282 e. The molecule has 0 radical (unpaired) electrons. The Morgan fingerprint density at radius 3 is 2.74 bits per heavy atom. The molecule has 1 heterocycles. The van der Waals surface area contributed by atoms with Crippen LogP contribution in [0.3, 0.4) is 0 Å². The first kappa shape index (κ1) is 24.4. The molecule has 34 heavy (non-hydrogen) atoms. The highest BCUT2D eigenvalue weighted by Crippen LogP contribution is 2.37. The monoisotopic (exact) mass is 586 g/mol. The smallest absolute Gasteiger partial charge is 0.282 e. The highest BCUT2D eigenvalue weighted by Gasteiger charge is 2.22. The molecule has 0 spiro atoms. The molecule has 1 aliphatic rings. The maximum atomic E-state index is 13.5. The van der Waals surface area contributed by atoms with Crippen LogP contribution in [0.1, 0.15) is 56.3 Å². The third kappa shape index (κ3) is 5.34. The van der Waals surface area contributed by atoms with E-state index < -0.39 is 0 Å². The van der Waals surface area contributed by atoms with E-state index in [-0.39, 0.29) is 18.1 Å². The van der Waals surface area contributed by atoms with Crippen molar-refractivity contribution >= 4 is 49.0 Å². The van der Waals surface area contributed by atoms with E-state index in [9.17, 15) is 4.79 Å². The zero-order valence-electron chi connectivity index (χ0n) is 18.8. The number of hydrogen-bond donors (Lipinski definition) is 0. The lowest BCUT2D eigenvalue weighted by Crippen LogP contribution is -2.25. The predicted molar refractivity (Wildman–Crippen MR) is 139 cm³/mol. The molecule has 0 N–H and O–H groups in total. The van der Waals surface area contributed by atoms with E-state index in [0.29, 0.717) is 39.3 Å². The van der Waals surface area contributed by atoms with Crippen molar-refractivity contribution in [2.24, 2.45) is 5.10 Å². The van der Waals surface area contributed by atoms with Gasteiger partial charge in [-0.1, -0.05) is 35.2 Å². The Kier molecular flexibility index (Phi) is 8.01. The van der Waals surface area contributed by atoms with Crippen LogP contribution in [-0.2, 0) is 0 Å². The molecule has 176 valence electrons. The van der Waals surface area contributed by atoms with Crippen LogP contribution in [0.25, 0.3) is 10.9 Å². The number of ether oxygens (including phenoxy) is 2. The molecular formula is C25H24Br2N4O3. The van der Waals surface area contributed by atoms with Gasteiger partial charge in [-0.3, -0.25) is 4.79 Å². The van der Waals surface area contributed by atoms with Gasteiger partial charge in [-0.2, -0.15) is 15.0 Å². The first-order valence-corrected chi connectivity index (χ1v) is 12.8. The highest BCUT2D eigenvalue weighted by molar-refractivity contribution is 9.10. The molecule has 0 atom stereocenters. The average Bonchev–Trinajstić information content (AvgIpc) is 2.84. The Bertz CT molecular complexity index is 1320. The largest absolute Gasteiger partial charge is 0.490 e.